The zero-order valence-corrected chi connectivity index (χ0v) is 25.9. The first-order valence-electron chi connectivity index (χ1n) is 14.3. The zero-order chi connectivity index (χ0) is 32.3. The van der Waals surface area contributed by atoms with Crippen LogP contribution in [0.4, 0.5) is 0 Å². The molecule has 1 saturated carbocycles. The fourth-order valence-electron chi connectivity index (χ4n) is 6.11. The lowest BCUT2D eigenvalue weighted by Crippen LogP contribution is -2.56. The number of carbonyl (C=O) groups excluding carboxylic acids is 6. The van der Waals surface area contributed by atoms with Gasteiger partial charge in [0.2, 0.25) is 0 Å². The van der Waals surface area contributed by atoms with Gasteiger partial charge < -0.3 is 18.9 Å². The molecule has 0 aliphatic heterocycles. The third-order valence-corrected chi connectivity index (χ3v) is 7.96. The molecule has 1 aromatic carbocycles. The quantitative estimate of drug-likeness (QED) is 0.274. The molecule has 0 heterocycles. The van der Waals surface area contributed by atoms with E-state index in [0.29, 0.717) is 0 Å². The average molecular weight is 597 g/mol. The number of Topliss-reactive ketones (excluding diaryl/α,β-unsaturated/α-hetero) is 1. The topological polar surface area (TPSA) is 139 Å². The summed E-state index contributed by atoms with van der Waals surface area (Å²) in [6, 6.07) is 8.24. The van der Waals surface area contributed by atoms with E-state index < -0.39 is 82.5 Å². The fraction of sp³-hybridized carbons (Fsp3) is 0.515. The van der Waals surface area contributed by atoms with Gasteiger partial charge in [-0.15, -0.1) is 0 Å². The van der Waals surface area contributed by atoms with Gasteiger partial charge in [-0.1, -0.05) is 58.0 Å². The monoisotopic (exact) mass is 596 g/mol. The van der Waals surface area contributed by atoms with Crippen molar-refractivity contribution in [3.8, 4) is 0 Å². The third kappa shape index (κ3) is 7.29. The molecule has 0 spiro atoms. The van der Waals surface area contributed by atoms with Crippen LogP contribution in [0.25, 0.3) is 0 Å². The molecule has 43 heavy (non-hydrogen) atoms. The van der Waals surface area contributed by atoms with Crippen molar-refractivity contribution < 1.29 is 47.7 Å². The van der Waals surface area contributed by atoms with Gasteiger partial charge in [-0.2, -0.15) is 0 Å². The third-order valence-electron chi connectivity index (χ3n) is 7.96. The molecule has 0 saturated heterocycles. The highest BCUT2D eigenvalue weighted by atomic mass is 16.6. The molecule has 10 heteroatoms. The van der Waals surface area contributed by atoms with Crippen LogP contribution in [-0.4, -0.2) is 59.4 Å². The Hall–Kier alpha value is -4.08. The Morgan fingerprint density at radius 3 is 2.02 bits per heavy atom. The summed E-state index contributed by atoms with van der Waals surface area (Å²) in [5, 5.41) is 0. The summed E-state index contributed by atoms with van der Waals surface area (Å²) in [6.45, 7) is 11.8. The summed E-state index contributed by atoms with van der Waals surface area (Å²) in [5.74, 6) is -6.54. The molecule has 0 amide bonds. The Kier molecular flexibility index (Phi) is 10.1. The highest BCUT2D eigenvalue weighted by Crippen LogP contribution is 2.50. The summed E-state index contributed by atoms with van der Waals surface area (Å²) in [7, 11) is 0. The van der Waals surface area contributed by atoms with Gasteiger partial charge >= 0.3 is 23.9 Å². The van der Waals surface area contributed by atoms with Gasteiger partial charge in [-0.25, -0.2) is 4.79 Å². The molecular weight excluding hydrogens is 556 g/mol. The van der Waals surface area contributed by atoms with Crippen LogP contribution < -0.4 is 0 Å². The number of fused-ring (bicyclic) bond motifs is 1. The first kappa shape index (κ1) is 33.4. The number of ether oxygens (including phenoxy) is 4. The molecular formula is C33H40O10. The SMILES string of the molecule is CC(=O)OC1/C(C)=C/C(=O)C(OC(C)=O)C(C)(C)C=CC(C)C(=O)C2(OC(C)=O)CC(C)C(OC(=O)c3ccccc3)C12. The van der Waals surface area contributed by atoms with E-state index >= 15 is 0 Å². The fourth-order valence-corrected chi connectivity index (χ4v) is 6.11. The summed E-state index contributed by atoms with van der Waals surface area (Å²) in [4.78, 5) is 78.5. The van der Waals surface area contributed by atoms with E-state index in [1.54, 1.807) is 70.2 Å². The summed E-state index contributed by atoms with van der Waals surface area (Å²) >= 11 is 0. The molecule has 0 radical (unpaired) electrons. The number of hydrogen-bond donors (Lipinski definition) is 0. The number of benzene rings is 1. The number of allylic oxidation sites excluding steroid dienone is 1. The summed E-state index contributed by atoms with van der Waals surface area (Å²) in [5.41, 5.74) is -2.48. The second kappa shape index (κ2) is 13.1. The predicted octanol–water partition coefficient (Wildman–Crippen LogP) is 4.35. The molecule has 0 aromatic heterocycles. The maximum absolute atomic E-state index is 14.4. The Bertz CT molecular complexity index is 1340. The van der Waals surface area contributed by atoms with Gasteiger partial charge in [-0.3, -0.25) is 24.0 Å². The molecule has 3 rings (SSSR count). The minimum atomic E-state index is -1.88. The second-order valence-corrected chi connectivity index (χ2v) is 12.1. The van der Waals surface area contributed by atoms with Crippen LogP contribution in [-0.2, 0) is 42.9 Å². The normalized spacial score (nSPS) is 31.8. The van der Waals surface area contributed by atoms with Crippen LogP contribution in [0, 0.1) is 23.2 Å². The van der Waals surface area contributed by atoms with Gasteiger partial charge in [0.1, 0.15) is 12.2 Å². The Morgan fingerprint density at radius 1 is 0.860 bits per heavy atom. The van der Waals surface area contributed by atoms with Crippen LogP contribution in [0.1, 0.15) is 72.2 Å². The lowest BCUT2D eigenvalue weighted by atomic mass is 9.74. The molecule has 1 aromatic rings. The van der Waals surface area contributed by atoms with E-state index in [1.807, 2.05) is 0 Å². The molecule has 0 N–H and O–H groups in total. The van der Waals surface area contributed by atoms with Crippen LogP contribution >= 0.6 is 0 Å². The van der Waals surface area contributed by atoms with E-state index in [9.17, 15) is 28.8 Å². The van der Waals surface area contributed by atoms with Crippen molar-refractivity contribution in [1.82, 2.24) is 0 Å². The number of hydrogen-bond acceptors (Lipinski definition) is 10. The zero-order valence-electron chi connectivity index (χ0n) is 25.9. The molecule has 7 unspecified atom stereocenters. The van der Waals surface area contributed by atoms with Crippen molar-refractivity contribution in [2.45, 2.75) is 85.7 Å². The van der Waals surface area contributed by atoms with Crippen molar-refractivity contribution in [1.29, 1.82) is 0 Å². The largest absolute Gasteiger partial charge is 0.458 e. The first-order chi connectivity index (χ1) is 20.0. The average Bonchev–Trinajstić information content (AvgIpc) is 3.18. The standard InChI is InChI=1S/C33H40O10/c1-18-14-15-32(7,8)30(41-22(5)35)25(37)16-19(2)27(40-21(4)34)26-28(42-31(39)24-12-10-9-11-13-24)20(3)17-33(26,29(18)38)43-23(6)36/h9-16,18,20,26-28,30H,17H2,1-8H3/b15-14?,19-16+. The van der Waals surface area contributed by atoms with E-state index in [-0.39, 0.29) is 17.6 Å². The molecule has 10 nitrogen and oxygen atoms in total. The van der Waals surface area contributed by atoms with Gasteiger partial charge in [-0.05, 0) is 36.6 Å². The maximum Gasteiger partial charge on any atom is 0.338 e. The smallest absolute Gasteiger partial charge is 0.338 e. The summed E-state index contributed by atoms with van der Waals surface area (Å²) in [6.07, 6.45) is 0.698. The Morgan fingerprint density at radius 2 is 1.47 bits per heavy atom. The molecule has 2 aliphatic carbocycles. The first-order valence-corrected chi connectivity index (χ1v) is 14.3. The van der Waals surface area contributed by atoms with Gasteiger partial charge in [0.25, 0.3) is 0 Å². The van der Waals surface area contributed by atoms with Gasteiger partial charge in [0.15, 0.2) is 23.3 Å². The lowest BCUT2D eigenvalue weighted by Gasteiger charge is -2.40. The van der Waals surface area contributed by atoms with Gasteiger partial charge in [0, 0.05) is 38.5 Å². The highest BCUT2D eigenvalue weighted by molar-refractivity contribution is 5.97. The van der Waals surface area contributed by atoms with Gasteiger partial charge in [0.05, 0.1) is 11.5 Å². The molecule has 7 atom stereocenters. The number of carbonyl (C=O) groups is 6. The van der Waals surface area contributed by atoms with Crippen molar-refractivity contribution in [3.05, 3.63) is 59.7 Å². The minimum Gasteiger partial charge on any atom is -0.458 e. The predicted molar refractivity (Wildman–Crippen MR) is 154 cm³/mol. The van der Waals surface area contributed by atoms with Crippen molar-refractivity contribution in [2.24, 2.45) is 23.2 Å². The van der Waals surface area contributed by atoms with Crippen LogP contribution in [0.15, 0.2) is 54.1 Å². The van der Waals surface area contributed by atoms with E-state index in [0.717, 1.165) is 0 Å². The summed E-state index contributed by atoms with van der Waals surface area (Å²) < 4.78 is 23.1. The number of esters is 4. The maximum atomic E-state index is 14.4. The van der Waals surface area contributed by atoms with Crippen LogP contribution in [0.2, 0.25) is 0 Å². The lowest BCUT2D eigenvalue weighted by molar-refractivity contribution is -0.182. The second-order valence-electron chi connectivity index (χ2n) is 12.1. The number of ketones is 2. The Labute approximate surface area is 251 Å². The van der Waals surface area contributed by atoms with Crippen molar-refractivity contribution in [3.63, 3.8) is 0 Å². The Balaban J connectivity index is 2.31. The number of rotatable bonds is 5. The van der Waals surface area contributed by atoms with Crippen LogP contribution in [0.3, 0.4) is 0 Å². The highest BCUT2D eigenvalue weighted by Gasteiger charge is 2.64. The van der Waals surface area contributed by atoms with E-state index in [4.69, 9.17) is 18.9 Å². The molecule has 232 valence electrons. The van der Waals surface area contributed by atoms with Crippen LogP contribution in [0.5, 0.6) is 0 Å². The van der Waals surface area contributed by atoms with Crippen molar-refractivity contribution in [2.75, 3.05) is 0 Å². The van der Waals surface area contributed by atoms with E-state index in [2.05, 4.69) is 0 Å². The minimum absolute atomic E-state index is 0.0283. The molecule has 0 bridgehead atoms. The molecule has 2 aliphatic rings. The van der Waals surface area contributed by atoms with E-state index in [1.165, 1.54) is 33.8 Å². The molecule has 1 fully saturated rings. The van der Waals surface area contributed by atoms with Crippen molar-refractivity contribution >= 4 is 35.4 Å².